The van der Waals surface area contributed by atoms with Gasteiger partial charge in [0.1, 0.15) is 0 Å². The molecule has 0 amide bonds. The van der Waals surface area contributed by atoms with Gasteiger partial charge in [-0.15, -0.1) is 0 Å². The molecule has 0 aliphatic carbocycles. The molecule has 170 valence electrons. The Labute approximate surface area is 208 Å². The molecule has 2 unspecified atom stereocenters. The van der Waals surface area contributed by atoms with Gasteiger partial charge in [0.2, 0.25) is 0 Å². The van der Waals surface area contributed by atoms with Gasteiger partial charge in [-0.25, -0.2) is 8.42 Å². The first kappa shape index (κ1) is 20.8. The normalized spacial score (nSPS) is 17.1. The highest BCUT2D eigenvalue weighted by Crippen LogP contribution is 2.51. The standard InChI is InChI=1S/C30H21NO2S2/c1-17-7-11-25(18(2)13-17)31-20-9-10-22-23-15-29-24(16-28(23)35(33)27(22)14-20)30-21-6-4-3-5-19(21)8-12-26(30)34(29)32/h3-16,31H,1-2H3. The van der Waals surface area contributed by atoms with Crippen molar-refractivity contribution in [1.29, 1.82) is 0 Å². The molecule has 0 spiro atoms. The van der Waals surface area contributed by atoms with E-state index in [1.165, 1.54) is 11.1 Å². The van der Waals surface area contributed by atoms with Crippen molar-refractivity contribution >= 4 is 43.7 Å². The Morgan fingerprint density at radius 3 is 2.23 bits per heavy atom. The zero-order valence-electron chi connectivity index (χ0n) is 19.2. The summed E-state index contributed by atoms with van der Waals surface area (Å²) in [5.41, 5.74) is 8.14. The summed E-state index contributed by atoms with van der Waals surface area (Å²) in [5.74, 6) is 0. The number of hydrogen-bond donors (Lipinski definition) is 1. The lowest BCUT2D eigenvalue weighted by molar-refractivity contribution is 0.683. The summed E-state index contributed by atoms with van der Waals surface area (Å²) in [4.78, 5) is 3.22. The third kappa shape index (κ3) is 3.01. The van der Waals surface area contributed by atoms with Crippen LogP contribution in [0.1, 0.15) is 11.1 Å². The topological polar surface area (TPSA) is 46.2 Å². The van der Waals surface area contributed by atoms with E-state index in [9.17, 15) is 8.42 Å². The third-order valence-corrected chi connectivity index (χ3v) is 9.92. The second-order valence-electron chi connectivity index (χ2n) is 9.20. The Balaban J connectivity index is 1.34. The second-order valence-corrected chi connectivity index (χ2v) is 12.0. The van der Waals surface area contributed by atoms with Gasteiger partial charge in [-0.05, 0) is 72.1 Å². The number of fused-ring (bicyclic) bond motifs is 8. The van der Waals surface area contributed by atoms with Gasteiger partial charge in [0.25, 0.3) is 0 Å². The van der Waals surface area contributed by atoms with Gasteiger partial charge < -0.3 is 5.32 Å². The molecule has 7 rings (SSSR count). The molecule has 0 radical (unpaired) electrons. The lowest BCUT2D eigenvalue weighted by atomic mass is 9.96. The molecular weight excluding hydrogens is 470 g/mol. The number of rotatable bonds is 2. The molecule has 5 heteroatoms. The zero-order chi connectivity index (χ0) is 23.8. The van der Waals surface area contributed by atoms with Crippen LogP contribution in [0.5, 0.6) is 0 Å². The van der Waals surface area contributed by atoms with E-state index in [1.54, 1.807) is 0 Å². The fourth-order valence-corrected chi connectivity index (χ4v) is 8.14. The van der Waals surface area contributed by atoms with Gasteiger partial charge in [0.05, 0.1) is 41.2 Å². The molecule has 3 nitrogen and oxygen atoms in total. The lowest BCUT2D eigenvalue weighted by Gasteiger charge is -2.11. The summed E-state index contributed by atoms with van der Waals surface area (Å²) < 4.78 is 27.1. The van der Waals surface area contributed by atoms with Gasteiger partial charge in [0, 0.05) is 28.1 Å². The van der Waals surface area contributed by atoms with Crippen molar-refractivity contribution in [2.24, 2.45) is 0 Å². The predicted octanol–water partition coefficient (Wildman–Crippen LogP) is 7.49. The van der Waals surface area contributed by atoms with Crippen molar-refractivity contribution in [2.45, 2.75) is 33.4 Å². The number of nitrogens with one attached hydrogen (secondary N) is 1. The van der Waals surface area contributed by atoms with E-state index in [2.05, 4.69) is 49.5 Å². The summed E-state index contributed by atoms with van der Waals surface area (Å²) in [5, 5.41) is 5.67. The van der Waals surface area contributed by atoms with E-state index in [-0.39, 0.29) is 0 Å². The number of benzene rings is 5. The zero-order valence-corrected chi connectivity index (χ0v) is 20.8. The average molecular weight is 492 g/mol. The number of aryl methyl sites for hydroxylation is 2. The first-order valence-electron chi connectivity index (χ1n) is 11.5. The Morgan fingerprint density at radius 1 is 0.629 bits per heavy atom. The number of hydrogen-bond acceptors (Lipinski definition) is 3. The van der Waals surface area contributed by atoms with Crippen LogP contribution in [0, 0.1) is 13.8 Å². The molecule has 35 heavy (non-hydrogen) atoms. The molecule has 0 saturated heterocycles. The smallest absolute Gasteiger partial charge is 0.0863 e. The summed E-state index contributed by atoms with van der Waals surface area (Å²) in [6, 6.07) is 28.5. The molecule has 2 aliphatic heterocycles. The van der Waals surface area contributed by atoms with E-state index in [0.717, 1.165) is 64.0 Å². The molecular formula is C30H21NO2S2. The third-order valence-electron chi connectivity index (χ3n) is 6.97. The minimum atomic E-state index is -1.30. The van der Waals surface area contributed by atoms with Gasteiger partial charge in [-0.3, -0.25) is 0 Å². The molecule has 5 aromatic rings. The largest absolute Gasteiger partial charge is 0.355 e. The monoisotopic (exact) mass is 491 g/mol. The molecule has 2 heterocycles. The Kier molecular flexibility index (Phi) is 4.44. The van der Waals surface area contributed by atoms with Crippen molar-refractivity contribution in [3.63, 3.8) is 0 Å². The van der Waals surface area contributed by atoms with Crippen LogP contribution in [-0.2, 0) is 21.6 Å². The van der Waals surface area contributed by atoms with E-state index in [0.29, 0.717) is 0 Å². The van der Waals surface area contributed by atoms with Crippen molar-refractivity contribution < 1.29 is 8.42 Å². The minimum absolute atomic E-state index is 0.792. The fourth-order valence-electron chi connectivity index (χ4n) is 5.28. The van der Waals surface area contributed by atoms with Crippen LogP contribution in [0.25, 0.3) is 33.0 Å². The Hall–Kier alpha value is -3.54. The maximum absolute atomic E-state index is 13.7. The van der Waals surface area contributed by atoms with Crippen LogP contribution in [-0.4, -0.2) is 8.42 Å². The molecule has 0 fully saturated rings. The highest BCUT2D eigenvalue weighted by Gasteiger charge is 2.33. The van der Waals surface area contributed by atoms with E-state index in [4.69, 9.17) is 0 Å². The summed E-state index contributed by atoms with van der Waals surface area (Å²) in [6.45, 7) is 4.16. The van der Waals surface area contributed by atoms with Gasteiger partial charge in [0.15, 0.2) is 0 Å². The molecule has 0 aromatic heterocycles. The summed E-state index contributed by atoms with van der Waals surface area (Å²) in [6.07, 6.45) is 0. The maximum atomic E-state index is 13.7. The van der Waals surface area contributed by atoms with E-state index >= 15 is 0 Å². The summed E-state index contributed by atoms with van der Waals surface area (Å²) >= 11 is 0. The van der Waals surface area contributed by atoms with Crippen molar-refractivity contribution in [3.05, 3.63) is 96.1 Å². The van der Waals surface area contributed by atoms with Crippen molar-refractivity contribution in [1.82, 2.24) is 0 Å². The van der Waals surface area contributed by atoms with Crippen LogP contribution in [0.15, 0.2) is 105 Å². The SMILES string of the molecule is Cc1ccc(Nc2ccc3c(c2)S(=O)c2cc4c(cc2-3)S(=O)c2ccc3ccccc3c2-4)c(C)c1. The lowest BCUT2D eigenvalue weighted by Crippen LogP contribution is -1.95. The molecule has 0 bridgehead atoms. The van der Waals surface area contributed by atoms with Crippen molar-refractivity contribution in [2.75, 3.05) is 5.32 Å². The van der Waals surface area contributed by atoms with Gasteiger partial charge >= 0.3 is 0 Å². The quantitative estimate of drug-likeness (QED) is 0.272. The van der Waals surface area contributed by atoms with E-state index < -0.39 is 21.6 Å². The maximum Gasteiger partial charge on any atom is 0.0863 e. The average Bonchev–Trinajstić information content (AvgIpc) is 3.31. The molecule has 0 saturated carbocycles. The fraction of sp³-hybridized carbons (Fsp3) is 0.0667. The first-order valence-corrected chi connectivity index (χ1v) is 13.8. The van der Waals surface area contributed by atoms with Gasteiger partial charge in [-0.2, -0.15) is 0 Å². The van der Waals surface area contributed by atoms with Crippen LogP contribution in [0.4, 0.5) is 11.4 Å². The Bertz CT molecular complexity index is 1790. The molecule has 2 aliphatic rings. The molecule has 1 N–H and O–H groups in total. The van der Waals surface area contributed by atoms with Crippen LogP contribution >= 0.6 is 0 Å². The number of anilines is 2. The second kappa shape index (κ2) is 7.48. The van der Waals surface area contributed by atoms with Crippen LogP contribution in [0.3, 0.4) is 0 Å². The summed E-state index contributed by atoms with van der Waals surface area (Å²) in [7, 11) is -2.56. The molecule has 2 atom stereocenters. The van der Waals surface area contributed by atoms with E-state index in [1.807, 2.05) is 54.6 Å². The highest BCUT2D eigenvalue weighted by molar-refractivity contribution is 7.86. The first-order chi connectivity index (χ1) is 17.0. The Morgan fingerprint density at radius 2 is 1.37 bits per heavy atom. The minimum Gasteiger partial charge on any atom is -0.355 e. The molecule has 5 aromatic carbocycles. The predicted molar refractivity (Wildman–Crippen MR) is 143 cm³/mol. The van der Waals surface area contributed by atoms with Gasteiger partial charge in [-0.1, -0.05) is 54.1 Å². The highest BCUT2D eigenvalue weighted by atomic mass is 32.2. The van der Waals surface area contributed by atoms with Crippen molar-refractivity contribution in [3.8, 4) is 22.3 Å². The van der Waals surface area contributed by atoms with Crippen LogP contribution < -0.4 is 5.32 Å². The van der Waals surface area contributed by atoms with Crippen LogP contribution in [0.2, 0.25) is 0 Å².